The number of para-hydroxylation sites is 2. The Morgan fingerprint density at radius 1 is 0.267 bits per heavy atom. The summed E-state index contributed by atoms with van der Waals surface area (Å²) < 4.78 is 6.53. The van der Waals surface area contributed by atoms with Gasteiger partial charge in [-0.1, -0.05) is 188 Å². The number of hydrogen-bond acceptors (Lipinski definition) is 2. The van der Waals surface area contributed by atoms with Crippen LogP contribution in [0.25, 0.3) is 88.3 Å². The second-order valence-electron chi connectivity index (χ2n) is 15.3. The molecule has 0 radical (unpaired) electrons. The summed E-state index contributed by atoms with van der Waals surface area (Å²) in [5.41, 5.74) is 16.7. The van der Waals surface area contributed by atoms with Gasteiger partial charge in [0.15, 0.2) is 0 Å². The van der Waals surface area contributed by atoms with E-state index in [0.717, 1.165) is 72.4 Å². The van der Waals surface area contributed by atoms with Crippen LogP contribution in [0.2, 0.25) is 0 Å². The maximum atomic E-state index is 6.53. The van der Waals surface area contributed by atoms with Crippen LogP contribution in [0.5, 0.6) is 0 Å². The smallest absolute Gasteiger partial charge is 0.143 e. The molecule has 0 amide bonds. The molecule has 0 aliphatic heterocycles. The third-order valence-electron chi connectivity index (χ3n) is 11.7. The highest BCUT2D eigenvalue weighted by Crippen LogP contribution is 2.43. The monoisotopic (exact) mass is 765 g/mol. The molecule has 0 saturated carbocycles. The zero-order valence-corrected chi connectivity index (χ0v) is 32.9. The van der Waals surface area contributed by atoms with Gasteiger partial charge in [0.05, 0.1) is 0 Å². The predicted molar refractivity (Wildman–Crippen MR) is 253 cm³/mol. The molecule has 0 aliphatic rings. The first-order chi connectivity index (χ1) is 29.7. The van der Waals surface area contributed by atoms with Gasteiger partial charge in [0.25, 0.3) is 0 Å². The van der Waals surface area contributed by atoms with E-state index in [1.165, 1.54) is 33.0 Å². The van der Waals surface area contributed by atoms with Crippen molar-refractivity contribution in [3.05, 3.63) is 237 Å². The molecule has 0 bridgehead atoms. The summed E-state index contributed by atoms with van der Waals surface area (Å²) in [4.78, 5) is 2.36. The average molecular weight is 766 g/mol. The summed E-state index contributed by atoms with van der Waals surface area (Å²) in [5, 5.41) is 4.76. The number of fused-ring (bicyclic) bond motifs is 4. The summed E-state index contributed by atoms with van der Waals surface area (Å²) in [7, 11) is 0. The lowest BCUT2D eigenvalue weighted by atomic mass is 9.90. The van der Waals surface area contributed by atoms with Crippen molar-refractivity contribution in [3.63, 3.8) is 0 Å². The molecular weight excluding hydrogens is 727 g/mol. The van der Waals surface area contributed by atoms with E-state index in [1.54, 1.807) is 0 Å². The Morgan fingerprint density at radius 2 is 0.783 bits per heavy atom. The quantitative estimate of drug-likeness (QED) is 0.153. The number of benzene rings is 10. The normalized spacial score (nSPS) is 11.3. The fourth-order valence-electron chi connectivity index (χ4n) is 8.75. The number of furan rings is 1. The van der Waals surface area contributed by atoms with E-state index in [0.29, 0.717) is 0 Å². The van der Waals surface area contributed by atoms with Gasteiger partial charge < -0.3 is 9.32 Å². The second kappa shape index (κ2) is 15.1. The van der Waals surface area contributed by atoms with Gasteiger partial charge in [-0.05, 0) is 109 Å². The fourth-order valence-corrected chi connectivity index (χ4v) is 8.75. The molecule has 0 N–H and O–H groups in total. The average Bonchev–Trinajstić information content (AvgIpc) is 3.72. The molecule has 2 heteroatoms. The first kappa shape index (κ1) is 35.2. The Hall–Kier alpha value is -7.94. The van der Waals surface area contributed by atoms with E-state index >= 15 is 0 Å². The second-order valence-corrected chi connectivity index (χ2v) is 15.3. The number of nitrogens with zero attached hydrogens (tertiary/aromatic N) is 1. The van der Waals surface area contributed by atoms with Gasteiger partial charge in [-0.15, -0.1) is 0 Å². The van der Waals surface area contributed by atoms with Crippen molar-refractivity contribution < 1.29 is 4.42 Å². The highest BCUT2D eigenvalue weighted by atomic mass is 16.3. The van der Waals surface area contributed by atoms with Gasteiger partial charge in [0.2, 0.25) is 0 Å². The lowest BCUT2D eigenvalue weighted by Crippen LogP contribution is -2.10. The van der Waals surface area contributed by atoms with Gasteiger partial charge in [-0.2, -0.15) is 0 Å². The lowest BCUT2D eigenvalue weighted by Gasteiger charge is -2.26. The predicted octanol–water partition coefficient (Wildman–Crippen LogP) is 16.5. The fraction of sp³-hybridized carbons (Fsp3) is 0. The van der Waals surface area contributed by atoms with E-state index < -0.39 is 0 Å². The van der Waals surface area contributed by atoms with Crippen molar-refractivity contribution in [1.82, 2.24) is 0 Å². The first-order valence-corrected chi connectivity index (χ1v) is 20.5. The van der Waals surface area contributed by atoms with Crippen LogP contribution in [-0.4, -0.2) is 0 Å². The molecule has 11 aromatic rings. The van der Waals surface area contributed by atoms with Crippen LogP contribution in [0, 0.1) is 0 Å². The third-order valence-corrected chi connectivity index (χ3v) is 11.7. The molecule has 2 nitrogen and oxygen atoms in total. The Labute approximate surface area is 349 Å². The molecule has 0 atom stereocenters. The first-order valence-electron chi connectivity index (χ1n) is 20.5. The maximum absolute atomic E-state index is 6.53. The standard InChI is InChI=1S/C58H39NO/c1-3-14-40(15-4-1)45-20-11-21-49(38-45)59(48-35-30-44(31-36-48)51-24-12-19-42-18-7-8-22-50(42)51)47-33-28-41(29-34-47)46-32-37-52(56(39-46)43-16-5-2-6-17-43)54-25-13-26-55-53-23-9-10-27-57(53)60-58(54)55/h1-39H. The highest BCUT2D eigenvalue weighted by molar-refractivity contribution is 6.10. The Balaban J connectivity index is 1.000. The Kier molecular flexibility index (Phi) is 8.87. The van der Waals surface area contributed by atoms with Gasteiger partial charge in [0.1, 0.15) is 11.2 Å². The Morgan fingerprint density at radius 3 is 1.57 bits per heavy atom. The molecule has 1 aromatic heterocycles. The van der Waals surface area contributed by atoms with E-state index in [9.17, 15) is 0 Å². The number of rotatable bonds is 8. The zero-order chi connectivity index (χ0) is 39.8. The SMILES string of the molecule is c1ccc(-c2cccc(N(c3ccc(-c4ccc(-c5cccc6c5oc5ccccc56)c(-c5ccccc5)c4)cc3)c3ccc(-c4cccc5ccccc45)cc3)c2)cc1. The molecule has 60 heavy (non-hydrogen) atoms. The van der Waals surface area contributed by atoms with E-state index in [4.69, 9.17) is 4.42 Å². The maximum Gasteiger partial charge on any atom is 0.143 e. The topological polar surface area (TPSA) is 16.4 Å². The largest absolute Gasteiger partial charge is 0.455 e. The van der Waals surface area contributed by atoms with Crippen LogP contribution in [0.4, 0.5) is 17.1 Å². The van der Waals surface area contributed by atoms with Crippen LogP contribution in [0.15, 0.2) is 241 Å². The third kappa shape index (κ3) is 6.41. The summed E-state index contributed by atoms with van der Waals surface area (Å²) in [6.45, 7) is 0. The minimum absolute atomic E-state index is 0.902. The lowest BCUT2D eigenvalue weighted by molar-refractivity contribution is 0.670. The van der Waals surface area contributed by atoms with E-state index in [-0.39, 0.29) is 0 Å². The Bertz CT molecular complexity index is 3290. The minimum atomic E-state index is 0.902. The van der Waals surface area contributed by atoms with Crippen LogP contribution < -0.4 is 4.90 Å². The summed E-state index contributed by atoms with van der Waals surface area (Å²) in [6, 6.07) is 84.8. The molecule has 1 heterocycles. The molecule has 0 fully saturated rings. The number of hydrogen-bond donors (Lipinski definition) is 0. The summed E-state index contributed by atoms with van der Waals surface area (Å²) >= 11 is 0. The summed E-state index contributed by atoms with van der Waals surface area (Å²) in [6.07, 6.45) is 0. The van der Waals surface area contributed by atoms with Gasteiger partial charge >= 0.3 is 0 Å². The minimum Gasteiger partial charge on any atom is -0.455 e. The van der Waals surface area contributed by atoms with Crippen LogP contribution in [-0.2, 0) is 0 Å². The zero-order valence-electron chi connectivity index (χ0n) is 32.9. The van der Waals surface area contributed by atoms with E-state index in [1.807, 2.05) is 12.1 Å². The van der Waals surface area contributed by atoms with Crippen molar-refractivity contribution in [1.29, 1.82) is 0 Å². The highest BCUT2D eigenvalue weighted by Gasteiger charge is 2.18. The molecule has 0 saturated heterocycles. The molecule has 282 valence electrons. The van der Waals surface area contributed by atoms with E-state index in [2.05, 4.69) is 229 Å². The van der Waals surface area contributed by atoms with Crippen molar-refractivity contribution in [2.24, 2.45) is 0 Å². The van der Waals surface area contributed by atoms with Gasteiger partial charge in [-0.3, -0.25) is 0 Å². The molecular formula is C58H39NO. The van der Waals surface area contributed by atoms with Crippen LogP contribution >= 0.6 is 0 Å². The van der Waals surface area contributed by atoms with Crippen molar-refractivity contribution >= 4 is 49.8 Å². The molecule has 11 rings (SSSR count). The van der Waals surface area contributed by atoms with Crippen molar-refractivity contribution in [2.75, 3.05) is 4.90 Å². The molecule has 0 aliphatic carbocycles. The van der Waals surface area contributed by atoms with Gasteiger partial charge in [0, 0.05) is 33.4 Å². The number of anilines is 3. The molecule has 0 spiro atoms. The summed E-state index contributed by atoms with van der Waals surface area (Å²) in [5.74, 6) is 0. The van der Waals surface area contributed by atoms with Crippen LogP contribution in [0.1, 0.15) is 0 Å². The van der Waals surface area contributed by atoms with Crippen molar-refractivity contribution in [3.8, 4) is 55.6 Å². The van der Waals surface area contributed by atoms with Crippen molar-refractivity contribution in [2.45, 2.75) is 0 Å². The van der Waals surface area contributed by atoms with Crippen LogP contribution in [0.3, 0.4) is 0 Å². The molecule has 10 aromatic carbocycles. The van der Waals surface area contributed by atoms with Gasteiger partial charge in [-0.25, -0.2) is 0 Å². The molecule has 0 unspecified atom stereocenters.